The highest BCUT2D eigenvalue weighted by molar-refractivity contribution is 6.11. The Bertz CT molecular complexity index is 1300. The van der Waals surface area contributed by atoms with E-state index in [9.17, 15) is 4.79 Å². The van der Waals surface area contributed by atoms with Gasteiger partial charge < -0.3 is 14.2 Å². The smallest absolute Gasteiger partial charge is 0.277 e. The molecular formula is C26H23N3O4. The lowest BCUT2D eigenvalue weighted by molar-refractivity contribution is 0.0988. The molecule has 1 unspecified atom stereocenters. The summed E-state index contributed by atoms with van der Waals surface area (Å²) in [6, 6.07) is 22.4. The number of rotatable bonds is 6. The summed E-state index contributed by atoms with van der Waals surface area (Å²) in [6.45, 7) is 0. The predicted octanol–water partition coefficient (Wildman–Crippen LogP) is 4.85. The van der Waals surface area contributed by atoms with Crippen LogP contribution < -0.4 is 19.1 Å². The first-order valence-corrected chi connectivity index (χ1v) is 10.5. The first kappa shape index (κ1) is 20.6. The van der Waals surface area contributed by atoms with Crippen molar-refractivity contribution in [2.24, 2.45) is 0 Å². The van der Waals surface area contributed by atoms with E-state index in [0.29, 0.717) is 22.9 Å². The molecule has 0 fully saturated rings. The second-order valence-corrected chi connectivity index (χ2v) is 7.61. The van der Waals surface area contributed by atoms with Crippen LogP contribution in [0.3, 0.4) is 0 Å². The van der Waals surface area contributed by atoms with Crippen molar-refractivity contribution in [2.45, 2.75) is 6.04 Å². The number of carbonyl (C=O) groups excluding carboxylic acids is 1. The van der Waals surface area contributed by atoms with Crippen molar-refractivity contribution in [3.8, 4) is 28.5 Å². The Balaban J connectivity index is 1.73. The SMILES string of the molecule is COc1ccc(-c2n[nH]c3c2C(c2ccc(OC)cc2OC)N(c2ccccc2)C3=O)cc1. The zero-order chi connectivity index (χ0) is 22.9. The fraction of sp³-hybridized carbons (Fsp3) is 0.154. The van der Waals surface area contributed by atoms with Gasteiger partial charge in [-0.05, 0) is 48.5 Å². The van der Waals surface area contributed by atoms with Gasteiger partial charge in [-0.2, -0.15) is 5.10 Å². The van der Waals surface area contributed by atoms with Crippen LogP contribution in [0.15, 0.2) is 72.8 Å². The molecule has 1 aliphatic heterocycles. The number of fused-ring (bicyclic) bond motifs is 1. The van der Waals surface area contributed by atoms with Crippen molar-refractivity contribution in [1.82, 2.24) is 10.2 Å². The molecular weight excluding hydrogens is 418 g/mol. The summed E-state index contributed by atoms with van der Waals surface area (Å²) < 4.78 is 16.4. The van der Waals surface area contributed by atoms with E-state index in [2.05, 4.69) is 10.2 Å². The van der Waals surface area contributed by atoms with Crippen LogP contribution in [0.2, 0.25) is 0 Å². The van der Waals surface area contributed by atoms with Crippen molar-refractivity contribution < 1.29 is 19.0 Å². The second-order valence-electron chi connectivity index (χ2n) is 7.61. The molecule has 0 spiro atoms. The molecule has 0 bridgehead atoms. The second kappa shape index (κ2) is 8.35. The maximum absolute atomic E-state index is 13.6. The van der Waals surface area contributed by atoms with Crippen LogP contribution in [0.4, 0.5) is 5.69 Å². The normalized spacial score (nSPS) is 14.8. The number of H-pyrrole nitrogens is 1. The molecule has 4 aromatic rings. The fourth-order valence-corrected chi connectivity index (χ4v) is 4.31. The Morgan fingerprint density at radius 2 is 1.55 bits per heavy atom. The van der Waals surface area contributed by atoms with Gasteiger partial charge in [0.15, 0.2) is 0 Å². The van der Waals surface area contributed by atoms with Gasteiger partial charge in [0.1, 0.15) is 22.9 Å². The molecule has 0 saturated heterocycles. The molecule has 3 aromatic carbocycles. The third-order valence-corrected chi connectivity index (χ3v) is 5.90. The molecule has 0 aliphatic carbocycles. The Morgan fingerprint density at radius 1 is 0.848 bits per heavy atom. The van der Waals surface area contributed by atoms with Crippen LogP contribution in [0.25, 0.3) is 11.3 Å². The molecule has 33 heavy (non-hydrogen) atoms. The quantitative estimate of drug-likeness (QED) is 0.463. The van der Waals surface area contributed by atoms with Crippen molar-refractivity contribution in [1.29, 1.82) is 0 Å². The van der Waals surface area contributed by atoms with Crippen molar-refractivity contribution in [3.63, 3.8) is 0 Å². The number of aromatic amines is 1. The molecule has 166 valence electrons. The van der Waals surface area contributed by atoms with Crippen LogP contribution >= 0.6 is 0 Å². The van der Waals surface area contributed by atoms with E-state index >= 15 is 0 Å². The van der Waals surface area contributed by atoms with Crippen molar-refractivity contribution in [2.75, 3.05) is 26.2 Å². The van der Waals surface area contributed by atoms with Crippen LogP contribution in [-0.4, -0.2) is 37.4 Å². The maximum Gasteiger partial charge on any atom is 0.277 e. The van der Waals surface area contributed by atoms with Gasteiger partial charge in [0.25, 0.3) is 5.91 Å². The summed E-state index contributed by atoms with van der Waals surface area (Å²) in [5.41, 5.74) is 4.49. The number of nitrogens with zero attached hydrogens (tertiary/aromatic N) is 2. The number of benzene rings is 3. The molecule has 2 heterocycles. The van der Waals surface area contributed by atoms with E-state index in [1.165, 1.54) is 0 Å². The Kier molecular flexibility index (Phi) is 5.22. The van der Waals surface area contributed by atoms with E-state index in [4.69, 9.17) is 14.2 Å². The standard InChI is InChI=1S/C26H23N3O4/c1-31-18-11-9-16(10-12-18)23-22-24(28-27-23)26(30)29(17-7-5-4-6-8-17)25(22)20-14-13-19(32-2)15-21(20)33-3/h4-15,25H,1-3H3,(H,27,28). The first-order valence-electron chi connectivity index (χ1n) is 10.5. The summed E-state index contributed by atoms with van der Waals surface area (Å²) in [5, 5.41) is 7.51. The van der Waals surface area contributed by atoms with Crippen LogP contribution in [0.5, 0.6) is 17.2 Å². The van der Waals surface area contributed by atoms with Crippen LogP contribution in [-0.2, 0) is 0 Å². The topological polar surface area (TPSA) is 76.7 Å². The van der Waals surface area contributed by atoms with Gasteiger partial charge in [-0.3, -0.25) is 14.8 Å². The molecule has 1 aliphatic rings. The third kappa shape index (κ3) is 3.38. The van der Waals surface area contributed by atoms with Gasteiger partial charge in [0.05, 0.1) is 33.1 Å². The van der Waals surface area contributed by atoms with Gasteiger partial charge in [0.2, 0.25) is 0 Å². The van der Waals surface area contributed by atoms with Crippen LogP contribution in [0, 0.1) is 0 Å². The van der Waals surface area contributed by atoms with Gasteiger partial charge in [-0.15, -0.1) is 0 Å². The molecule has 0 radical (unpaired) electrons. The van der Waals surface area contributed by atoms with Gasteiger partial charge in [-0.1, -0.05) is 18.2 Å². The number of aromatic nitrogens is 2. The highest BCUT2D eigenvalue weighted by atomic mass is 16.5. The summed E-state index contributed by atoms with van der Waals surface area (Å²) in [6.07, 6.45) is 0. The first-order chi connectivity index (χ1) is 16.2. The zero-order valence-electron chi connectivity index (χ0n) is 18.5. The van der Waals surface area contributed by atoms with E-state index < -0.39 is 6.04 Å². The molecule has 0 saturated carbocycles. The van der Waals surface area contributed by atoms with Crippen molar-refractivity contribution in [3.05, 3.63) is 89.6 Å². The number of methoxy groups -OCH3 is 3. The number of para-hydroxylation sites is 1. The Hall–Kier alpha value is -4.26. The monoisotopic (exact) mass is 441 g/mol. The summed E-state index contributed by atoms with van der Waals surface area (Å²) >= 11 is 0. The predicted molar refractivity (Wildman–Crippen MR) is 125 cm³/mol. The number of anilines is 1. The number of carbonyl (C=O) groups is 1. The molecule has 7 heteroatoms. The molecule has 1 atom stereocenters. The average molecular weight is 441 g/mol. The minimum atomic E-state index is -0.438. The summed E-state index contributed by atoms with van der Waals surface area (Å²) in [4.78, 5) is 15.4. The van der Waals surface area contributed by atoms with E-state index in [0.717, 1.165) is 28.1 Å². The third-order valence-electron chi connectivity index (χ3n) is 5.90. The lowest BCUT2D eigenvalue weighted by Gasteiger charge is -2.27. The minimum absolute atomic E-state index is 0.147. The highest BCUT2D eigenvalue weighted by Gasteiger charge is 2.44. The number of hydrogen-bond acceptors (Lipinski definition) is 5. The van der Waals surface area contributed by atoms with Gasteiger partial charge in [-0.25, -0.2) is 0 Å². The Morgan fingerprint density at radius 3 is 2.21 bits per heavy atom. The van der Waals surface area contributed by atoms with Crippen LogP contribution in [0.1, 0.15) is 27.7 Å². The van der Waals surface area contributed by atoms with Gasteiger partial charge in [0, 0.05) is 28.4 Å². The lowest BCUT2D eigenvalue weighted by atomic mass is 9.95. The van der Waals surface area contributed by atoms with E-state index in [1.807, 2.05) is 72.8 Å². The number of hydrogen-bond donors (Lipinski definition) is 1. The molecule has 1 aromatic heterocycles. The average Bonchev–Trinajstić information content (AvgIpc) is 3.43. The summed E-state index contributed by atoms with van der Waals surface area (Å²) in [7, 11) is 4.85. The lowest BCUT2D eigenvalue weighted by Crippen LogP contribution is -2.29. The van der Waals surface area contributed by atoms with E-state index in [-0.39, 0.29) is 5.91 Å². The summed E-state index contributed by atoms with van der Waals surface area (Å²) in [5.74, 6) is 1.91. The van der Waals surface area contributed by atoms with Gasteiger partial charge >= 0.3 is 0 Å². The zero-order valence-corrected chi connectivity index (χ0v) is 18.5. The van der Waals surface area contributed by atoms with E-state index in [1.54, 1.807) is 26.2 Å². The largest absolute Gasteiger partial charge is 0.497 e. The molecule has 1 N–H and O–H groups in total. The minimum Gasteiger partial charge on any atom is -0.497 e. The number of nitrogens with one attached hydrogen (secondary N) is 1. The molecule has 1 amide bonds. The van der Waals surface area contributed by atoms with Crippen molar-refractivity contribution >= 4 is 11.6 Å². The highest BCUT2D eigenvalue weighted by Crippen LogP contribution is 2.47. The molecule has 5 rings (SSSR count). The Labute approximate surface area is 191 Å². The molecule has 7 nitrogen and oxygen atoms in total. The number of ether oxygens (including phenoxy) is 3. The fourth-order valence-electron chi connectivity index (χ4n) is 4.31. The maximum atomic E-state index is 13.6. The number of amides is 1.